The van der Waals surface area contributed by atoms with Crippen LogP contribution >= 0.6 is 0 Å². The van der Waals surface area contributed by atoms with Crippen LogP contribution in [0.2, 0.25) is 0 Å². The molecule has 1 aliphatic heterocycles. The van der Waals surface area contributed by atoms with Crippen LogP contribution in [0.25, 0.3) is 0 Å². The summed E-state index contributed by atoms with van der Waals surface area (Å²) in [6.07, 6.45) is 7.17. The Morgan fingerprint density at radius 3 is 2.71 bits per heavy atom. The Morgan fingerprint density at radius 2 is 1.91 bits per heavy atom. The summed E-state index contributed by atoms with van der Waals surface area (Å²) in [5.74, 6) is -0.233. The molecule has 7 heteroatoms. The minimum absolute atomic E-state index is 0.249. The topological polar surface area (TPSA) is 103 Å². The molecule has 1 aromatic heterocycles. The van der Waals surface area contributed by atoms with E-state index in [-0.39, 0.29) is 12.3 Å². The third-order valence-corrected chi connectivity index (χ3v) is 6.04. The predicted octanol–water partition coefficient (Wildman–Crippen LogP) is 3.85. The molecular weight excluding hydrogens is 428 g/mol. The molecule has 0 radical (unpaired) electrons. The molecule has 0 saturated carbocycles. The number of anilines is 1. The number of carbonyl (C=O) groups excluding carboxylic acids is 1. The number of fused-ring (bicyclic) bond motifs is 1. The standard InChI is InChI=1S/C27H36N4O3/c1-20(8-5-6-12-23-15-14-22-11-7-18-29-26(22)30-23)28-19-17-24(27(33)34)31-25(32)16-13-21-9-3-2-4-10-21/h2-4,9-10,14-15,24,28H,1,5-8,11-13,16-19H2,(H,29,30)(H,31,32)(H,33,34). The van der Waals surface area contributed by atoms with E-state index in [1.165, 1.54) is 5.56 Å². The van der Waals surface area contributed by atoms with Gasteiger partial charge in [-0.3, -0.25) is 4.79 Å². The molecule has 1 atom stereocenters. The normalized spacial score (nSPS) is 13.3. The first-order valence-electron chi connectivity index (χ1n) is 12.2. The van der Waals surface area contributed by atoms with Gasteiger partial charge in [0.15, 0.2) is 0 Å². The maximum Gasteiger partial charge on any atom is 0.326 e. The highest BCUT2D eigenvalue weighted by Gasteiger charge is 2.19. The van der Waals surface area contributed by atoms with Crippen molar-refractivity contribution in [2.75, 3.05) is 18.4 Å². The van der Waals surface area contributed by atoms with Crippen molar-refractivity contribution >= 4 is 17.7 Å². The molecule has 4 N–H and O–H groups in total. The summed E-state index contributed by atoms with van der Waals surface area (Å²) in [7, 11) is 0. The Kier molecular flexibility index (Phi) is 9.95. The van der Waals surface area contributed by atoms with E-state index in [0.29, 0.717) is 19.4 Å². The molecular formula is C27H36N4O3. The number of benzene rings is 1. The molecule has 0 aliphatic carbocycles. The van der Waals surface area contributed by atoms with Gasteiger partial charge in [0.25, 0.3) is 0 Å². The lowest BCUT2D eigenvalue weighted by Crippen LogP contribution is -2.42. The summed E-state index contributed by atoms with van der Waals surface area (Å²) >= 11 is 0. The Bertz CT molecular complexity index is 962. The molecule has 1 aromatic carbocycles. The molecule has 0 saturated heterocycles. The molecule has 34 heavy (non-hydrogen) atoms. The molecule has 1 aliphatic rings. The summed E-state index contributed by atoms with van der Waals surface area (Å²) in [6.45, 7) is 5.50. The number of hydrogen-bond donors (Lipinski definition) is 4. The molecule has 0 bridgehead atoms. The molecule has 1 amide bonds. The van der Waals surface area contributed by atoms with Gasteiger partial charge in [0.1, 0.15) is 11.9 Å². The van der Waals surface area contributed by atoms with Crippen LogP contribution < -0.4 is 16.0 Å². The van der Waals surface area contributed by atoms with Gasteiger partial charge >= 0.3 is 5.97 Å². The lowest BCUT2D eigenvalue weighted by molar-refractivity contribution is -0.142. The van der Waals surface area contributed by atoms with Crippen molar-refractivity contribution in [1.82, 2.24) is 15.6 Å². The highest BCUT2D eigenvalue weighted by Crippen LogP contribution is 2.20. The van der Waals surface area contributed by atoms with E-state index in [1.807, 2.05) is 30.3 Å². The average Bonchev–Trinajstić information content (AvgIpc) is 2.85. The predicted molar refractivity (Wildman–Crippen MR) is 135 cm³/mol. The number of unbranched alkanes of at least 4 members (excludes halogenated alkanes) is 1. The fraction of sp³-hybridized carbons (Fsp3) is 0.444. The van der Waals surface area contributed by atoms with E-state index in [2.05, 4.69) is 34.7 Å². The number of carboxylic acids is 1. The molecule has 182 valence electrons. The van der Waals surface area contributed by atoms with Gasteiger partial charge in [0.05, 0.1) is 0 Å². The van der Waals surface area contributed by atoms with Crippen LogP contribution in [0.5, 0.6) is 0 Å². The third-order valence-electron chi connectivity index (χ3n) is 6.04. The van der Waals surface area contributed by atoms with Crippen LogP contribution in [-0.4, -0.2) is 41.1 Å². The zero-order chi connectivity index (χ0) is 24.2. The van der Waals surface area contributed by atoms with Gasteiger partial charge in [-0.2, -0.15) is 0 Å². The van der Waals surface area contributed by atoms with Gasteiger partial charge in [0, 0.05) is 30.9 Å². The highest BCUT2D eigenvalue weighted by atomic mass is 16.4. The van der Waals surface area contributed by atoms with Crippen molar-refractivity contribution in [3.05, 3.63) is 71.6 Å². The summed E-state index contributed by atoms with van der Waals surface area (Å²) in [4.78, 5) is 28.5. The third kappa shape index (κ3) is 8.54. The number of nitrogens with zero attached hydrogens (tertiary/aromatic N) is 1. The first-order valence-corrected chi connectivity index (χ1v) is 12.2. The number of allylic oxidation sites excluding steroid dienone is 1. The van der Waals surface area contributed by atoms with E-state index in [9.17, 15) is 14.7 Å². The first-order chi connectivity index (χ1) is 16.5. The van der Waals surface area contributed by atoms with Crippen molar-refractivity contribution < 1.29 is 14.7 Å². The number of carboxylic acid groups (broad SMARTS) is 1. The summed E-state index contributed by atoms with van der Waals surface area (Å²) in [5.41, 5.74) is 4.36. The van der Waals surface area contributed by atoms with E-state index >= 15 is 0 Å². The quantitative estimate of drug-likeness (QED) is 0.317. The largest absolute Gasteiger partial charge is 0.480 e. The number of nitrogens with one attached hydrogen (secondary N) is 3. The van der Waals surface area contributed by atoms with Crippen molar-refractivity contribution in [1.29, 1.82) is 0 Å². The number of aromatic nitrogens is 1. The Balaban J connectivity index is 1.29. The monoisotopic (exact) mass is 464 g/mol. The van der Waals surface area contributed by atoms with E-state index in [4.69, 9.17) is 4.98 Å². The molecule has 3 rings (SSSR count). The fourth-order valence-corrected chi connectivity index (χ4v) is 4.06. The minimum atomic E-state index is -1.02. The molecule has 0 spiro atoms. The minimum Gasteiger partial charge on any atom is -0.480 e. The number of amides is 1. The number of rotatable bonds is 14. The van der Waals surface area contributed by atoms with Crippen LogP contribution in [0.15, 0.2) is 54.7 Å². The number of hydrogen-bond acceptors (Lipinski definition) is 5. The van der Waals surface area contributed by atoms with Crippen LogP contribution in [0.1, 0.15) is 55.3 Å². The van der Waals surface area contributed by atoms with E-state index < -0.39 is 12.0 Å². The van der Waals surface area contributed by atoms with Crippen LogP contribution in [0, 0.1) is 0 Å². The average molecular weight is 465 g/mol. The van der Waals surface area contributed by atoms with Crippen molar-refractivity contribution in [2.24, 2.45) is 0 Å². The second kappa shape index (κ2) is 13.4. The number of aryl methyl sites for hydroxylation is 3. The highest BCUT2D eigenvalue weighted by molar-refractivity contribution is 5.83. The van der Waals surface area contributed by atoms with Gasteiger partial charge in [-0.1, -0.05) is 43.0 Å². The second-order valence-corrected chi connectivity index (χ2v) is 8.81. The van der Waals surface area contributed by atoms with Gasteiger partial charge in [-0.15, -0.1) is 0 Å². The summed E-state index contributed by atoms with van der Waals surface area (Å²) in [6, 6.07) is 13.1. The SMILES string of the molecule is C=C(CCCCc1ccc2c(n1)NCCC2)NCCC(NC(=O)CCc1ccccc1)C(=O)O. The Morgan fingerprint density at radius 1 is 1.09 bits per heavy atom. The van der Waals surface area contributed by atoms with Crippen LogP contribution in [0.4, 0.5) is 5.82 Å². The fourth-order valence-electron chi connectivity index (χ4n) is 4.06. The summed E-state index contributed by atoms with van der Waals surface area (Å²) in [5, 5.41) is 18.7. The van der Waals surface area contributed by atoms with Crippen LogP contribution in [-0.2, 0) is 28.9 Å². The van der Waals surface area contributed by atoms with Gasteiger partial charge in [-0.25, -0.2) is 9.78 Å². The zero-order valence-corrected chi connectivity index (χ0v) is 19.8. The van der Waals surface area contributed by atoms with Gasteiger partial charge in [-0.05, 0) is 68.6 Å². The maximum atomic E-state index is 12.2. The number of pyridine rings is 1. The second-order valence-electron chi connectivity index (χ2n) is 8.81. The molecule has 2 heterocycles. The summed E-state index contributed by atoms with van der Waals surface area (Å²) < 4.78 is 0. The van der Waals surface area contributed by atoms with Gasteiger partial charge < -0.3 is 21.1 Å². The van der Waals surface area contributed by atoms with E-state index in [1.54, 1.807) is 0 Å². The maximum absolute atomic E-state index is 12.2. The van der Waals surface area contributed by atoms with E-state index in [0.717, 1.165) is 67.8 Å². The van der Waals surface area contributed by atoms with Gasteiger partial charge in [0.2, 0.25) is 5.91 Å². The van der Waals surface area contributed by atoms with Crippen LogP contribution in [0.3, 0.4) is 0 Å². The van der Waals surface area contributed by atoms with Crippen molar-refractivity contribution in [3.63, 3.8) is 0 Å². The number of carbonyl (C=O) groups is 2. The molecule has 0 fully saturated rings. The lowest BCUT2D eigenvalue weighted by Gasteiger charge is -2.17. The molecule has 7 nitrogen and oxygen atoms in total. The van der Waals surface area contributed by atoms with Crippen molar-refractivity contribution in [2.45, 2.75) is 63.8 Å². The molecule has 2 aromatic rings. The molecule has 1 unspecified atom stereocenters. The van der Waals surface area contributed by atoms with Crippen molar-refractivity contribution in [3.8, 4) is 0 Å². The Hall–Kier alpha value is -3.35. The smallest absolute Gasteiger partial charge is 0.326 e. The Labute approximate surface area is 202 Å². The first kappa shape index (κ1) is 25.3. The zero-order valence-electron chi connectivity index (χ0n) is 19.8. The number of aliphatic carboxylic acids is 1. The lowest BCUT2D eigenvalue weighted by atomic mass is 10.1.